The molecule has 0 saturated heterocycles. The fourth-order valence-electron chi connectivity index (χ4n) is 1.86. The Labute approximate surface area is 111 Å². The highest BCUT2D eigenvalue weighted by Gasteiger charge is 2.17. The number of aromatic nitrogens is 2. The highest BCUT2D eigenvalue weighted by molar-refractivity contribution is 5.68. The number of nitrogens with zero attached hydrogens (tertiary/aromatic N) is 2. The van der Waals surface area contributed by atoms with Gasteiger partial charge >= 0.3 is 0 Å². The molecule has 0 spiro atoms. The summed E-state index contributed by atoms with van der Waals surface area (Å²) >= 11 is 0. The molecule has 1 aromatic carbocycles. The van der Waals surface area contributed by atoms with Crippen molar-refractivity contribution in [2.45, 2.75) is 20.1 Å². The zero-order valence-corrected chi connectivity index (χ0v) is 11.2. The van der Waals surface area contributed by atoms with E-state index in [0.29, 0.717) is 22.9 Å². The topological polar surface area (TPSA) is 85.3 Å². The molecule has 1 atom stereocenters. The molecule has 0 fully saturated rings. The SMILES string of the molecule is COc1ccccc1-n1nc(C)c(N)c1NC(C)O. The maximum absolute atomic E-state index is 9.50. The average molecular weight is 262 g/mol. The number of para-hydroxylation sites is 2. The molecule has 19 heavy (non-hydrogen) atoms. The number of benzene rings is 1. The van der Waals surface area contributed by atoms with Crippen LogP contribution in [0.3, 0.4) is 0 Å². The third-order valence-corrected chi connectivity index (χ3v) is 2.77. The van der Waals surface area contributed by atoms with Crippen molar-refractivity contribution >= 4 is 11.5 Å². The Morgan fingerprint density at radius 1 is 1.42 bits per heavy atom. The first-order chi connectivity index (χ1) is 9.04. The Hall–Kier alpha value is -2.21. The van der Waals surface area contributed by atoms with Crippen LogP contribution in [0.2, 0.25) is 0 Å². The van der Waals surface area contributed by atoms with Crippen molar-refractivity contribution in [1.29, 1.82) is 0 Å². The van der Waals surface area contributed by atoms with Crippen LogP contribution in [0.25, 0.3) is 5.69 Å². The Bertz CT molecular complexity index is 578. The second-order valence-corrected chi connectivity index (χ2v) is 4.25. The summed E-state index contributed by atoms with van der Waals surface area (Å²) in [6.07, 6.45) is -0.730. The molecule has 1 unspecified atom stereocenters. The summed E-state index contributed by atoms with van der Waals surface area (Å²) < 4.78 is 6.95. The number of anilines is 2. The summed E-state index contributed by atoms with van der Waals surface area (Å²) in [4.78, 5) is 0. The van der Waals surface area contributed by atoms with E-state index in [2.05, 4.69) is 10.4 Å². The first-order valence-corrected chi connectivity index (χ1v) is 5.97. The predicted molar refractivity (Wildman–Crippen MR) is 74.6 cm³/mol. The van der Waals surface area contributed by atoms with Crippen molar-refractivity contribution < 1.29 is 9.84 Å². The highest BCUT2D eigenvalue weighted by atomic mass is 16.5. The summed E-state index contributed by atoms with van der Waals surface area (Å²) in [7, 11) is 1.60. The molecule has 0 aliphatic rings. The minimum atomic E-state index is -0.730. The van der Waals surface area contributed by atoms with E-state index in [4.69, 9.17) is 10.5 Å². The van der Waals surface area contributed by atoms with E-state index in [-0.39, 0.29) is 0 Å². The van der Waals surface area contributed by atoms with Crippen LogP contribution in [0.5, 0.6) is 5.75 Å². The molecule has 0 aliphatic heterocycles. The van der Waals surface area contributed by atoms with Crippen LogP contribution in [0, 0.1) is 6.92 Å². The molecule has 0 aliphatic carbocycles. The van der Waals surface area contributed by atoms with Gasteiger partial charge in [0.05, 0.1) is 18.5 Å². The third-order valence-electron chi connectivity index (χ3n) is 2.77. The number of ether oxygens (including phenoxy) is 1. The molecule has 6 heteroatoms. The van der Waals surface area contributed by atoms with Crippen molar-refractivity contribution in [1.82, 2.24) is 9.78 Å². The molecular weight excluding hydrogens is 244 g/mol. The van der Waals surface area contributed by atoms with Crippen molar-refractivity contribution in [3.63, 3.8) is 0 Å². The zero-order chi connectivity index (χ0) is 14.0. The lowest BCUT2D eigenvalue weighted by molar-refractivity contribution is 0.223. The molecule has 1 heterocycles. The molecule has 6 nitrogen and oxygen atoms in total. The lowest BCUT2D eigenvalue weighted by Gasteiger charge is -2.14. The maximum Gasteiger partial charge on any atom is 0.155 e. The molecule has 2 aromatic rings. The number of aliphatic hydroxyl groups is 1. The Morgan fingerprint density at radius 2 is 2.11 bits per heavy atom. The number of rotatable bonds is 4. The van der Waals surface area contributed by atoms with Gasteiger partial charge in [-0.2, -0.15) is 5.10 Å². The van der Waals surface area contributed by atoms with E-state index in [1.54, 1.807) is 18.7 Å². The van der Waals surface area contributed by atoms with Crippen LogP contribution >= 0.6 is 0 Å². The van der Waals surface area contributed by atoms with Gasteiger partial charge in [0.25, 0.3) is 0 Å². The van der Waals surface area contributed by atoms with Gasteiger partial charge in [-0.1, -0.05) is 12.1 Å². The van der Waals surface area contributed by atoms with Crippen molar-refractivity contribution in [3.05, 3.63) is 30.0 Å². The van der Waals surface area contributed by atoms with Crippen molar-refractivity contribution in [2.75, 3.05) is 18.2 Å². The normalized spacial score (nSPS) is 12.2. The van der Waals surface area contributed by atoms with Gasteiger partial charge in [-0.15, -0.1) is 0 Å². The predicted octanol–water partition coefficient (Wildman–Crippen LogP) is 1.52. The lowest BCUT2D eigenvalue weighted by Crippen LogP contribution is -2.17. The summed E-state index contributed by atoms with van der Waals surface area (Å²) in [6.45, 7) is 3.43. The molecule has 0 bridgehead atoms. The van der Waals surface area contributed by atoms with Gasteiger partial charge in [0.2, 0.25) is 0 Å². The van der Waals surface area contributed by atoms with E-state index in [9.17, 15) is 5.11 Å². The second kappa shape index (κ2) is 5.19. The fourth-order valence-corrected chi connectivity index (χ4v) is 1.86. The minimum absolute atomic E-state index is 0.506. The van der Waals surface area contributed by atoms with Crippen LogP contribution in [-0.2, 0) is 0 Å². The summed E-state index contributed by atoms with van der Waals surface area (Å²) in [5, 5.41) is 16.8. The van der Waals surface area contributed by atoms with Gasteiger partial charge in [-0.05, 0) is 26.0 Å². The van der Waals surface area contributed by atoms with E-state index in [0.717, 1.165) is 5.69 Å². The molecule has 4 N–H and O–H groups in total. The van der Waals surface area contributed by atoms with Crippen LogP contribution in [-0.4, -0.2) is 28.2 Å². The zero-order valence-electron chi connectivity index (χ0n) is 11.2. The first kappa shape index (κ1) is 13.2. The molecule has 1 aromatic heterocycles. The van der Waals surface area contributed by atoms with Gasteiger partial charge in [0, 0.05) is 0 Å². The molecular formula is C13H18N4O2. The van der Waals surface area contributed by atoms with Crippen molar-refractivity contribution in [2.24, 2.45) is 0 Å². The van der Waals surface area contributed by atoms with E-state index in [1.807, 2.05) is 31.2 Å². The standard InChI is InChI=1S/C13H18N4O2/c1-8-12(14)13(15-9(2)18)17(16-8)10-6-4-5-7-11(10)19-3/h4-7,9,15,18H,14H2,1-3H3. The van der Waals surface area contributed by atoms with Crippen molar-refractivity contribution in [3.8, 4) is 11.4 Å². The fraction of sp³-hybridized carbons (Fsp3) is 0.308. The molecule has 0 radical (unpaired) electrons. The number of nitrogens with one attached hydrogen (secondary N) is 1. The van der Waals surface area contributed by atoms with Gasteiger partial charge < -0.3 is 20.9 Å². The summed E-state index contributed by atoms with van der Waals surface area (Å²) in [5.74, 6) is 1.23. The Morgan fingerprint density at radius 3 is 2.74 bits per heavy atom. The lowest BCUT2D eigenvalue weighted by atomic mass is 10.3. The number of aliphatic hydroxyl groups excluding tert-OH is 1. The quantitative estimate of drug-likeness (QED) is 0.727. The minimum Gasteiger partial charge on any atom is -0.494 e. The number of hydrogen-bond donors (Lipinski definition) is 3. The Kier molecular flexibility index (Phi) is 3.62. The summed E-state index contributed by atoms with van der Waals surface area (Å²) in [5.41, 5.74) is 7.94. The first-order valence-electron chi connectivity index (χ1n) is 5.97. The van der Waals surface area contributed by atoms with Gasteiger partial charge in [-0.3, -0.25) is 0 Å². The smallest absolute Gasteiger partial charge is 0.155 e. The van der Waals surface area contributed by atoms with E-state index in [1.165, 1.54) is 0 Å². The molecule has 0 amide bonds. The monoisotopic (exact) mass is 262 g/mol. The second-order valence-electron chi connectivity index (χ2n) is 4.25. The number of nitrogens with two attached hydrogens (primary N) is 1. The summed E-state index contributed by atoms with van der Waals surface area (Å²) in [6, 6.07) is 7.48. The molecule has 2 rings (SSSR count). The molecule has 102 valence electrons. The van der Waals surface area contributed by atoms with Crippen LogP contribution < -0.4 is 15.8 Å². The van der Waals surface area contributed by atoms with E-state index >= 15 is 0 Å². The number of methoxy groups -OCH3 is 1. The highest BCUT2D eigenvalue weighted by Crippen LogP contribution is 2.30. The van der Waals surface area contributed by atoms with Gasteiger partial charge in [-0.25, -0.2) is 4.68 Å². The largest absolute Gasteiger partial charge is 0.494 e. The number of nitrogen functional groups attached to an aromatic ring is 1. The average Bonchev–Trinajstić information content (AvgIpc) is 2.66. The number of aryl methyl sites for hydroxylation is 1. The Balaban J connectivity index is 2.58. The van der Waals surface area contributed by atoms with E-state index < -0.39 is 6.23 Å². The third kappa shape index (κ3) is 2.48. The van der Waals surface area contributed by atoms with Crippen LogP contribution in [0.1, 0.15) is 12.6 Å². The van der Waals surface area contributed by atoms with Crippen LogP contribution in [0.4, 0.5) is 11.5 Å². The van der Waals surface area contributed by atoms with Crippen LogP contribution in [0.15, 0.2) is 24.3 Å². The maximum atomic E-state index is 9.50. The van der Waals surface area contributed by atoms with Gasteiger partial charge in [0.15, 0.2) is 5.82 Å². The van der Waals surface area contributed by atoms with Gasteiger partial charge in [0.1, 0.15) is 17.7 Å². The molecule has 0 saturated carbocycles. The number of hydrogen-bond acceptors (Lipinski definition) is 5.